The molecule has 2 N–H and O–H groups in total. The van der Waals surface area contributed by atoms with Gasteiger partial charge in [0, 0.05) is 12.2 Å². The molecule has 1 unspecified atom stereocenters. The molecular weight excluding hydrogens is 264 g/mol. The first kappa shape index (κ1) is 15.8. The Bertz CT molecular complexity index is 474. The standard InChI is InChI=1S/C17H26N2O2/c1-12(2)17(9-10-18-11-17)16(20)19-14-5-7-15(8-6-14)21-13(3)4/h5-8,12-13,18H,9-11H2,1-4H3,(H,19,20). The maximum Gasteiger partial charge on any atom is 0.232 e. The van der Waals surface area contributed by atoms with Gasteiger partial charge in [0.15, 0.2) is 0 Å². The third-order valence-corrected chi connectivity index (χ3v) is 4.23. The molecule has 1 saturated heterocycles. The summed E-state index contributed by atoms with van der Waals surface area (Å²) in [4.78, 5) is 12.7. The molecule has 1 aliphatic heterocycles. The van der Waals surface area contributed by atoms with Crippen LogP contribution < -0.4 is 15.4 Å². The minimum Gasteiger partial charge on any atom is -0.491 e. The third kappa shape index (κ3) is 3.56. The Kier molecular flexibility index (Phi) is 4.88. The predicted molar refractivity (Wildman–Crippen MR) is 85.6 cm³/mol. The first-order valence-corrected chi connectivity index (χ1v) is 7.73. The van der Waals surface area contributed by atoms with Crippen molar-refractivity contribution >= 4 is 11.6 Å². The molecule has 4 nitrogen and oxygen atoms in total. The van der Waals surface area contributed by atoms with E-state index in [4.69, 9.17) is 4.74 Å². The molecule has 0 spiro atoms. The van der Waals surface area contributed by atoms with Gasteiger partial charge in [0.2, 0.25) is 5.91 Å². The van der Waals surface area contributed by atoms with E-state index in [1.165, 1.54) is 0 Å². The average Bonchev–Trinajstić information content (AvgIpc) is 2.91. The fourth-order valence-electron chi connectivity index (χ4n) is 2.80. The van der Waals surface area contributed by atoms with Gasteiger partial charge in [-0.15, -0.1) is 0 Å². The zero-order valence-corrected chi connectivity index (χ0v) is 13.4. The number of ether oxygens (including phenoxy) is 1. The van der Waals surface area contributed by atoms with Crippen LogP contribution in [0.4, 0.5) is 5.69 Å². The topological polar surface area (TPSA) is 50.4 Å². The highest BCUT2D eigenvalue weighted by Gasteiger charge is 2.43. The zero-order chi connectivity index (χ0) is 15.5. The van der Waals surface area contributed by atoms with Crippen LogP contribution in [0.1, 0.15) is 34.1 Å². The molecule has 2 rings (SSSR count). The molecule has 1 amide bonds. The van der Waals surface area contributed by atoms with Crippen LogP contribution in [0.15, 0.2) is 24.3 Å². The highest BCUT2D eigenvalue weighted by molar-refractivity contribution is 5.96. The molecule has 1 atom stereocenters. The van der Waals surface area contributed by atoms with Crippen molar-refractivity contribution in [3.63, 3.8) is 0 Å². The molecule has 1 aromatic carbocycles. The lowest BCUT2D eigenvalue weighted by molar-refractivity contribution is -0.126. The molecular formula is C17H26N2O2. The summed E-state index contributed by atoms with van der Waals surface area (Å²) in [6.07, 6.45) is 1.05. The molecule has 1 fully saturated rings. The fourth-order valence-corrected chi connectivity index (χ4v) is 2.80. The van der Waals surface area contributed by atoms with Crippen molar-refractivity contribution in [2.24, 2.45) is 11.3 Å². The van der Waals surface area contributed by atoms with Gasteiger partial charge >= 0.3 is 0 Å². The van der Waals surface area contributed by atoms with Crippen LogP contribution in [0.3, 0.4) is 0 Å². The molecule has 4 heteroatoms. The normalized spacial score (nSPS) is 21.8. The number of nitrogens with one attached hydrogen (secondary N) is 2. The zero-order valence-electron chi connectivity index (χ0n) is 13.4. The summed E-state index contributed by atoms with van der Waals surface area (Å²) in [7, 11) is 0. The fraction of sp³-hybridized carbons (Fsp3) is 0.588. The van der Waals surface area contributed by atoms with Crippen LogP contribution in [0.25, 0.3) is 0 Å². The number of carbonyl (C=O) groups excluding carboxylic acids is 1. The maximum atomic E-state index is 12.7. The van der Waals surface area contributed by atoms with E-state index in [0.29, 0.717) is 5.92 Å². The van der Waals surface area contributed by atoms with E-state index in [9.17, 15) is 4.79 Å². The van der Waals surface area contributed by atoms with Crippen molar-refractivity contribution in [2.45, 2.75) is 40.2 Å². The van der Waals surface area contributed by atoms with E-state index in [1.54, 1.807) is 0 Å². The monoisotopic (exact) mass is 290 g/mol. The van der Waals surface area contributed by atoms with E-state index in [2.05, 4.69) is 24.5 Å². The van der Waals surface area contributed by atoms with Gasteiger partial charge in [-0.25, -0.2) is 0 Å². The largest absolute Gasteiger partial charge is 0.491 e. The molecule has 1 aromatic rings. The number of anilines is 1. The smallest absolute Gasteiger partial charge is 0.232 e. The lowest BCUT2D eigenvalue weighted by atomic mass is 9.75. The van der Waals surface area contributed by atoms with E-state index >= 15 is 0 Å². The van der Waals surface area contributed by atoms with Gasteiger partial charge in [-0.2, -0.15) is 0 Å². The number of carbonyl (C=O) groups is 1. The van der Waals surface area contributed by atoms with Crippen molar-refractivity contribution < 1.29 is 9.53 Å². The van der Waals surface area contributed by atoms with Crippen LogP contribution in [0.5, 0.6) is 5.75 Å². The van der Waals surface area contributed by atoms with Crippen molar-refractivity contribution in [3.8, 4) is 5.75 Å². The number of amides is 1. The van der Waals surface area contributed by atoms with E-state index in [0.717, 1.165) is 30.9 Å². The second-order valence-electron chi connectivity index (χ2n) is 6.38. The summed E-state index contributed by atoms with van der Waals surface area (Å²) in [5.74, 6) is 1.25. The summed E-state index contributed by atoms with van der Waals surface area (Å²) in [6, 6.07) is 7.58. The molecule has 0 radical (unpaired) electrons. The summed E-state index contributed by atoms with van der Waals surface area (Å²) in [5.41, 5.74) is 0.524. The van der Waals surface area contributed by atoms with Gasteiger partial charge in [0.1, 0.15) is 5.75 Å². The third-order valence-electron chi connectivity index (χ3n) is 4.23. The van der Waals surface area contributed by atoms with E-state index < -0.39 is 0 Å². The van der Waals surface area contributed by atoms with Crippen molar-refractivity contribution in [2.75, 3.05) is 18.4 Å². The lowest BCUT2D eigenvalue weighted by Gasteiger charge is -2.31. The Balaban J connectivity index is 2.05. The molecule has 1 heterocycles. The van der Waals surface area contributed by atoms with Crippen LogP contribution >= 0.6 is 0 Å². The molecule has 116 valence electrons. The van der Waals surface area contributed by atoms with Crippen LogP contribution in [-0.2, 0) is 4.79 Å². The van der Waals surface area contributed by atoms with Crippen LogP contribution in [0.2, 0.25) is 0 Å². The molecule has 0 aromatic heterocycles. The minimum atomic E-state index is -0.299. The molecule has 1 aliphatic rings. The van der Waals surface area contributed by atoms with E-state index in [-0.39, 0.29) is 17.4 Å². The van der Waals surface area contributed by atoms with E-state index in [1.807, 2.05) is 38.1 Å². The van der Waals surface area contributed by atoms with Gasteiger partial charge in [-0.05, 0) is 57.0 Å². The number of benzene rings is 1. The van der Waals surface area contributed by atoms with Gasteiger partial charge in [-0.1, -0.05) is 13.8 Å². The SMILES string of the molecule is CC(C)Oc1ccc(NC(=O)C2(C(C)C)CCNC2)cc1. The van der Waals surface area contributed by atoms with Gasteiger partial charge in [0.25, 0.3) is 0 Å². The Morgan fingerprint density at radius 1 is 1.24 bits per heavy atom. The second kappa shape index (κ2) is 6.48. The summed E-state index contributed by atoms with van der Waals surface area (Å²) in [5, 5.41) is 6.36. The first-order chi connectivity index (χ1) is 9.94. The summed E-state index contributed by atoms with van der Waals surface area (Å²) >= 11 is 0. The Morgan fingerprint density at radius 3 is 2.38 bits per heavy atom. The van der Waals surface area contributed by atoms with Gasteiger partial charge in [-0.3, -0.25) is 4.79 Å². The highest BCUT2D eigenvalue weighted by atomic mass is 16.5. The first-order valence-electron chi connectivity index (χ1n) is 7.73. The van der Waals surface area contributed by atoms with Crippen molar-refractivity contribution in [3.05, 3.63) is 24.3 Å². The van der Waals surface area contributed by atoms with Crippen molar-refractivity contribution in [1.29, 1.82) is 0 Å². The Morgan fingerprint density at radius 2 is 1.90 bits per heavy atom. The Labute approximate surface area is 127 Å². The average molecular weight is 290 g/mol. The van der Waals surface area contributed by atoms with Gasteiger partial charge < -0.3 is 15.4 Å². The lowest BCUT2D eigenvalue weighted by Crippen LogP contribution is -2.42. The maximum absolute atomic E-state index is 12.7. The van der Waals surface area contributed by atoms with Crippen LogP contribution in [-0.4, -0.2) is 25.1 Å². The number of rotatable bonds is 5. The Hall–Kier alpha value is -1.55. The van der Waals surface area contributed by atoms with Gasteiger partial charge in [0.05, 0.1) is 11.5 Å². The predicted octanol–water partition coefficient (Wildman–Crippen LogP) is 3.05. The molecule has 0 aliphatic carbocycles. The summed E-state index contributed by atoms with van der Waals surface area (Å²) < 4.78 is 5.61. The quantitative estimate of drug-likeness (QED) is 0.876. The highest BCUT2D eigenvalue weighted by Crippen LogP contribution is 2.35. The second-order valence-corrected chi connectivity index (χ2v) is 6.38. The number of hydrogen-bond acceptors (Lipinski definition) is 3. The van der Waals surface area contributed by atoms with Crippen LogP contribution in [0, 0.1) is 11.3 Å². The van der Waals surface area contributed by atoms with Crippen molar-refractivity contribution in [1.82, 2.24) is 5.32 Å². The minimum absolute atomic E-state index is 0.111. The molecule has 21 heavy (non-hydrogen) atoms. The summed E-state index contributed by atoms with van der Waals surface area (Å²) in [6.45, 7) is 9.89. The molecule has 0 bridgehead atoms. The number of hydrogen-bond donors (Lipinski definition) is 2. The molecule has 0 saturated carbocycles.